The van der Waals surface area contributed by atoms with Crippen molar-refractivity contribution in [1.29, 1.82) is 0 Å². The molecule has 0 heterocycles. The van der Waals surface area contributed by atoms with E-state index < -0.39 is 5.97 Å². The highest BCUT2D eigenvalue weighted by molar-refractivity contribution is 9.10. The minimum Gasteiger partial charge on any atom is -0.493 e. The Morgan fingerprint density at radius 3 is 2.83 bits per heavy atom. The van der Waals surface area contributed by atoms with Crippen LogP contribution in [-0.4, -0.2) is 24.8 Å². The summed E-state index contributed by atoms with van der Waals surface area (Å²) in [6, 6.07) is 10.4. The lowest BCUT2D eigenvalue weighted by atomic mass is 10.1. The summed E-state index contributed by atoms with van der Waals surface area (Å²) in [6.45, 7) is 0.641. The van der Waals surface area contributed by atoms with E-state index in [2.05, 4.69) is 27.2 Å². The number of carbonyl (C=O) groups is 1. The number of nitrogens with one attached hydrogen (secondary N) is 1. The number of carboxylic acid groups (broad SMARTS) is 1. The van der Waals surface area contributed by atoms with Crippen LogP contribution in [0.1, 0.15) is 15.9 Å². The SMILES string of the molecule is C#CCOc1c(Br)cc(CNc2cccc(C(=O)O)c2)cc1OC. The molecule has 0 amide bonds. The monoisotopic (exact) mass is 389 g/mol. The molecule has 0 bridgehead atoms. The van der Waals surface area contributed by atoms with Crippen molar-refractivity contribution in [2.45, 2.75) is 6.54 Å². The van der Waals surface area contributed by atoms with Crippen LogP contribution >= 0.6 is 15.9 Å². The first-order valence-corrected chi connectivity index (χ1v) is 7.84. The summed E-state index contributed by atoms with van der Waals surface area (Å²) in [5.41, 5.74) is 1.89. The number of rotatable bonds is 7. The highest BCUT2D eigenvalue weighted by atomic mass is 79.9. The minimum absolute atomic E-state index is 0.147. The molecule has 0 radical (unpaired) electrons. The van der Waals surface area contributed by atoms with Crippen molar-refractivity contribution in [3.05, 3.63) is 52.0 Å². The van der Waals surface area contributed by atoms with Crippen molar-refractivity contribution in [2.75, 3.05) is 19.0 Å². The zero-order chi connectivity index (χ0) is 17.5. The van der Waals surface area contributed by atoms with E-state index in [0.717, 1.165) is 15.7 Å². The minimum atomic E-state index is -0.960. The smallest absolute Gasteiger partial charge is 0.335 e. The van der Waals surface area contributed by atoms with Crippen LogP contribution in [0.3, 0.4) is 0 Å². The predicted octanol–water partition coefficient (Wildman–Crippen LogP) is 3.78. The number of carboxylic acids is 1. The topological polar surface area (TPSA) is 67.8 Å². The van der Waals surface area contributed by atoms with Crippen LogP contribution in [-0.2, 0) is 6.54 Å². The highest BCUT2D eigenvalue weighted by Gasteiger charge is 2.11. The molecule has 0 saturated carbocycles. The molecule has 2 aromatic rings. The van der Waals surface area contributed by atoms with Gasteiger partial charge in [-0.1, -0.05) is 12.0 Å². The Hall–Kier alpha value is -2.65. The van der Waals surface area contributed by atoms with Gasteiger partial charge < -0.3 is 19.9 Å². The summed E-state index contributed by atoms with van der Waals surface area (Å²) in [6.07, 6.45) is 5.21. The molecule has 0 aliphatic carbocycles. The number of benzene rings is 2. The Balaban J connectivity index is 2.15. The van der Waals surface area contributed by atoms with Crippen LogP contribution < -0.4 is 14.8 Å². The summed E-state index contributed by atoms with van der Waals surface area (Å²) in [5.74, 6) is 2.57. The van der Waals surface area contributed by atoms with Gasteiger partial charge in [0.2, 0.25) is 0 Å². The van der Waals surface area contributed by atoms with E-state index >= 15 is 0 Å². The van der Waals surface area contributed by atoms with Gasteiger partial charge in [-0.25, -0.2) is 4.79 Å². The molecule has 0 spiro atoms. The summed E-state index contributed by atoms with van der Waals surface area (Å²) in [5, 5.41) is 12.2. The first-order valence-electron chi connectivity index (χ1n) is 7.05. The first-order chi connectivity index (χ1) is 11.5. The van der Waals surface area contributed by atoms with E-state index in [-0.39, 0.29) is 12.2 Å². The Bertz CT molecular complexity index is 783. The number of hydrogen-bond acceptors (Lipinski definition) is 4. The second-order valence-electron chi connectivity index (χ2n) is 4.84. The van der Waals surface area contributed by atoms with Gasteiger partial charge in [0.1, 0.15) is 6.61 Å². The molecule has 0 atom stereocenters. The van der Waals surface area contributed by atoms with Crippen LogP contribution in [0.5, 0.6) is 11.5 Å². The second-order valence-corrected chi connectivity index (χ2v) is 5.70. The molecule has 2 aromatic carbocycles. The summed E-state index contributed by atoms with van der Waals surface area (Å²) in [4.78, 5) is 11.0. The zero-order valence-electron chi connectivity index (χ0n) is 13.0. The van der Waals surface area contributed by atoms with Gasteiger partial charge in [0.15, 0.2) is 11.5 Å². The van der Waals surface area contributed by atoms with Gasteiger partial charge in [-0.3, -0.25) is 0 Å². The lowest BCUT2D eigenvalue weighted by Crippen LogP contribution is -2.04. The quantitative estimate of drug-likeness (QED) is 0.705. The molecule has 6 heteroatoms. The molecular formula is C18H16BrNO4. The maximum atomic E-state index is 11.0. The molecule has 0 aliphatic heterocycles. The molecule has 2 N–H and O–H groups in total. The number of hydrogen-bond donors (Lipinski definition) is 2. The number of ether oxygens (including phenoxy) is 2. The molecular weight excluding hydrogens is 374 g/mol. The molecule has 24 heavy (non-hydrogen) atoms. The number of terminal acetylenes is 1. The maximum Gasteiger partial charge on any atom is 0.335 e. The van der Waals surface area contributed by atoms with Crippen molar-refractivity contribution in [1.82, 2.24) is 0 Å². The largest absolute Gasteiger partial charge is 0.493 e. The van der Waals surface area contributed by atoms with E-state index in [4.69, 9.17) is 21.0 Å². The van der Waals surface area contributed by atoms with E-state index in [9.17, 15) is 4.79 Å². The van der Waals surface area contributed by atoms with Crippen LogP contribution in [0.2, 0.25) is 0 Å². The lowest BCUT2D eigenvalue weighted by molar-refractivity contribution is 0.0697. The molecule has 0 saturated heterocycles. The molecule has 124 valence electrons. The number of methoxy groups -OCH3 is 1. The molecule has 0 unspecified atom stereocenters. The fraction of sp³-hybridized carbons (Fsp3) is 0.167. The third kappa shape index (κ3) is 4.43. The average molecular weight is 390 g/mol. The molecule has 0 fully saturated rings. The number of anilines is 1. The second kappa shape index (κ2) is 8.27. The summed E-state index contributed by atoms with van der Waals surface area (Å²) >= 11 is 3.45. The van der Waals surface area contributed by atoms with Crippen LogP contribution in [0.15, 0.2) is 40.9 Å². The van der Waals surface area contributed by atoms with Crippen molar-refractivity contribution >= 4 is 27.6 Å². The van der Waals surface area contributed by atoms with Gasteiger partial charge in [-0.05, 0) is 51.8 Å². The normalized spacial score (nSPS) is 9.88. The standard InChI is InChI=1S/C18H16BrNO4/c1-3-7-24-17-15(19)8-12(9-16(17)23-2)11-20-14-6-4-5-13(10-14)18(21)22/h1,4-6,8-10,20H,7,11H2,2H3,(H,21,22). The van der Waals surface area contributed by atoms with Crippen LogP contribution in [0, 0.1) is 12.3 Å². The van der Waals surface area contributed by atoms with Gasteiger partial charge in [0, 0.05) is 12.2 Å². The first kappa shape index (κ1) is 17.7. The average Bonchev–Trinajstić information content (AvgIpc) is 2.58. The summed E-state index contributed by atoms with van der Waals surface area (Å²) < 4.78 is 11.5. The Kier molecular flexibility index (Phi) is 6.10. The van der Waals surface area contributed by atoms with Gasteiger partial charge >= 0.3 is 5.97 Å². The molecule has 0 aromatic heterocycles. The van der Waals surface area contributed by atoms with E-state index in [1.807, 2.05) is 18.2 Å². The van der Waals surface area contributed by atoms with Crippen molar-refractivity contribution in [3.8, 4) is 23.8 Å². The third-order valence-corrected chi connectivity index (χ3v) is 3.78. The predicted molar refractivity (Wildman–Crippen MR) is 95.8 cm³/mol. The maximum absolute atomic E-state index is 11.0. The van der Waals surface area contributed by atoms with Crippen molar-refractivity contribution in [3.63, 3.8) is 0 Å². The zero-order valence-corrected chi connectivity index (χ0v) is 14.6. The Morgan fingerprint density at radius 1 is 1.38 bits per heavy atom. The van der Waals surface area contributed by atoms with E-state index in [0.29, 0.717) is 18.0 Å². The molecule has 0 aliphatic rings. The van der Waals surface area contributed by atoms with Crippen molar-refractivity contribution in [2.24, 2.45) is 0 Å². The van der Waals surface area contributed by atoms with Gasteiger partial charge in [0.25, 0.3) is 0 Å². The van der Waals surface area contributed by atoms with Crippen LogP contribution in [0.4, 0.5) is 5.69 Å². The Morgan fingerprint density at radius 2 is 2.17 bits per heavy atom. The highest BCUT2D eigenvalue weighted by Crippen LogP contribution is 2.36. The van der Waals surface area contributed by atoms with Gasteiger partial charge in [0.05, 0.1) is 17.1 Å². The number of halogens is 1. The van der Waals surface area contributed by atoms with Crippen molar-refractivity contribution < 1.29 is 19.4 Å². The number of aromatic carboxylic acids is 1. The fourth-order valence-corrected chi connectivity index (χ4v) is 2.70. The van der Waals surface area contributed by atoms with E-state index in [1.54, 1.807) is 25.3 Å². The summed E-state index contributed by atoms with van der Waals surface area (Å²) in [7, 11) is 1.55. The van der Waals surface area contributed by atoms with E-state index in [1.165, 1.54) is 0 Å². The van der Waals surface area contributed by atoms with Gasteiger partial charge in [-0.2, -0.15) is 0 Å². The fourth-order valence-electron chi connectivity index (χ4n) is 2.10. The van der Waals surface area contributed by atoms with Gasteiger partial charge in [-0.15, -0.1) is 6.42 Å². The molecule has 5 nitrogen and oxygen atoms in total. The Labute approximate surface area is 148 Å². The molecule has 2 rings (SSSR count). The van der Waals surface area contributed by atoms with Crippen LogP contribution in [0.25, 0.3) is 0 Å². The third-order valence-electron chi connectivity index (χ3n) is 3.20. The lowest BCUT2D eigenvalue weighted by Gasteiger charge is -2.14.